The summed E-state index contributed by atoms with van der Waals surface area (Å²) in [4.78, 5) is 12.4. The van der Waals surface area contributed by atoms with Crippen LogP contribution in [0.5, 0.6) is 0 Å². The van der Waals surface area contributed by atoms with Gasteiger partial charge in [-0.1, -0.05) is 24.3 Å². The SMILES string of the molecule is Cc1cc(C=CC(F)(F)F)ccc1C(=O)Nc1ccc2c(c1)NCC2. The third-order valence-corrected chi connectivity index (χ3v) is 4.04. The second-order valence-electron chi connectivity index (χ2n) is 5.95. The van der Waals surface area contributed by atoms with Crippen LogP contribution < -0.4 is 10.6 Å². The predicted molar refractivity (Wildman–Crippen MR) is 92.9 cm³/mol. The molecule has 130 valence electrons. The first-order chi connectivity index (χ1) is 11.8. The molecule has 1 aliphatic heterocycles. The monoisotopic (exact) mass is 346 g/mol. The summed E-state index contributed by atoms with van der Waals surface area (Å²) in [5.41, 5.74) is 4.35. The van der Waals surface area contributed by atoms with Gasteiger partial charge in [0.1, 0.15) is 0 Å². The number of anilines is 2. The molecule has 0 bridgehead atoms. The standard InChI is InChI=1S/C19H17F3N2O/c1-12-10-13(6-8-19(20,21)22)2-5-16(12)18(25)24-15-4-3-14-7-9-23-17(14)11-15/h2-6,8,10-11,23H,7,9H2,1H3,(H,24,25). The number of carbonyl (C=O) groups is 1. The Bertz CT molecular complexity index is 841. The fourth-order valence-electron chi connectivity index (χ4n) is 2.80. The zero-order chi connectivity index (χ0) is 18.0. The molecule has 0 aliphatic carbocycles. The van der Waals surface area contributed by atoms with Gasteiger partial charge in [0.15, 0.2) is 0 Å². The molecule has 0 saturated carbocycles. The summed E-state index contributed by atoms with van der Waals surface area (Å²) in [5, 5.41) is 6.08. The van der Waals surface area contributed by atoms with Gasteiger partial charge in [0.25, 0.3) is 5.91 Å². The van der Waals surface area contributed by atoms with E-state index in [1.165, 1.54) is 17.7 Å². The van der Waals surface area contributed by atoms with Gasteiger partial charge in [0.2, 0.25) is 0 Å². The molecule has 0 fully saturated rings. The Kier molecular flexibility index (Phi) is 4.53. The summed E-state index contributed by atoms with van der Waals surface area (Å²) in [6, 6.07) is 10.3. The topological polar surface area (TPSA) is 41.1 Å². The fourth-order valence-corrected chi connectivity index (χ4v) is 2.80. The summed E-state index contributed by atoms with van der Waals surface area (Å²) in [6.45, 7) is 2.59. The Morgan fingerprint density at radius 2 is 2.00 bits per heavy atom. The lowest BCUT2D eigenvalue weighted by molar-refractivity contribution is -0.0790. The van der Waals surface area contributed by atoms with Gasteiger partial charge in [0, 0.05) is 29.6 Å². The van der Waals surface area contributed by atoms with E-state index >= 15 is 0 Å². The number of aryl methyl sites for hydroxylation is 1. The van der Waals surface area contributed by atoms with Crippen LogP contribution in [-0.4, -0.2) is 18.6 Å². The minimum Gasteiger partial charge on any atom is -0.384 e. The maximum atomic E-state index is 12.4. The van der Waals surface area contributed by atoms with E-state index in [1.54, 1.807) is 13.0 Å². The molecular weight excluding hydrogens is 329 g/mol. The first-order valence-electron chi connectivity index (χ1n) is 7.86. The molecule has 0 unspecified atom stereocenters. The Labute approximate surface area is 143 Å². The van der Waals surface area contributed by atoms with E-state index in [0.29, 0.717) is 22.4 Å². The lowest BCUT2D eigenvalue weighted by atomic mass is 10.0. The van der Waals surface area contributed by atoms with E-state index in [2.05, 4.69) is 10.6 Å². The lowest BCUT2D eigenvalue weighted by Gasteiger charge is -2.10. The average Bonchev–Trinajstić information content (AvgIpc) is 3.00. The van der Waals surface area contributed by atoms with Gasteiger partial charge in [0.05, 0.1) is 0 Å². The van der Waals surface area contributed by atoms with E-state index < -0.39 is 6.18 Å². The van der Waals surface area contributed by atoms with Crippen LogP contribution in [0, 0.1) is 6.92 Å². The number of nitrogens with one attached hydrogen (secondary N) is 2. The van der Waals surface area contributed by atoms with Crippen LogP contribution in [0.3, 0.4) is 0 Å². The fraction of sp³-hybridized carbons (Fsp3) is 0.211. The predicted octanol–water partition coefficient (Wildman–Crippen LogP) is 4.79. The van der Waals surface area contributed by atoms with Crippen molar-refractivity contribution in [2.75, 3.05) is 17.2 Å². The molecule has 1 heterocycles. The van der Waals surface area contributed by atoms with Gasteiger partial charge in [-0.05, 0) is 48.2 Å². The molecule has 2 aromatic rings. The normalized spacial score (nSPS) is 13.6. The number of benzene rings is 2. The van der Waals surface area contributed by atoms with Gasteiger partial charge in [-0.3, -0.25) is 4.79 Å². The number of halogens is 3. The lowest BCUT2D eigenvalue weighted by Crippen LogP contribution is -2.13. The van der Waals surface area contributed by atoms with Crippen molar-refractivity contribution in [2.24, 2.45) is 0 Å². The van der Waals surface area contributed by atoms with E-state index in [0.717, 1.165) is 24.7 Å². The first-order valence-corrected chi connectivity index (χ1v) is 7.86. The molecular formula is C19H17F3N2O. The summed E-state index contributed by atoms with van der Waals surface area (Å²) >= 11 is 0. The van der Waals surface area contributed by atoms with Crippen molar-refractivity contribution in [3.8, 4) is 0 Å². The number of hydrogen-bond donors (Lipinski definition) is 2. The van der Waals surface area contributed by atoms with Crippen LogP contribution in [0.1, 0.15) is 27.0 Å². The third-order valence-electron chi connectivity index (χ3n) is 4.04. The molecule has 3 nitrogen and oxygen atoms in total. The Balaban J connectivity index is 1.75. The molecule has 2 N–H and O–H groups in total. The molecule has 3 rings (SSSR count). The van der Waals surface area contributed by atoms with Crippen LogP contribution in [0.2, 0.25) is 0 Å². The summed E-state index contributed by atoms with van der Waals surface area (Å²) in [5.74, 6) is -0.290. The molecule has 6 heteroatoms. The minimum absolute atomic E-state index is 0.180. The zero-order valence-electron chi connectivity index (χ0n) is 13.6. The van der Waals surface area contributed by atoms with Gasteiger partial charge >= 0.3 is 6.18 Å². The van der Waals surface area contributed by atoms with Crippen molar-refractivity contribution in [1.29, 1.82) is 0 Å². The molecule has 0 saturated heterocycles. The zero-order valence-corrected chi connectivity index (χ0v) is 13.6. The van der Waals surface area contributed by atoms with Crippen LogP contribution in [-0.2, 0) is 6.42 Å². The number of allylic oxidation sites excluding steroid dienone is 1. The van der Waals surface area contributed by atoms with E-state index in [9.17, 15) is 18.0 Å². The highest BCUT2D eigenvalue weighted by atomic mass is 19.4. The van der Waals surface area contributed by atoms with Crippen molar-refractivity contribution in [3.63, 3.8) is 0 Å². The number of hydrogen-bond acceptors (Lipinski definition) is 2. The highest BCUT2D eigenvalue weighted by Gasteiger charge is 2.21. The Morgan fingerprint density at radius 1 is 1.20 bits per heavy atom. The van der Waals surface area contributed by atoms with Crippen molar-refractivity contribution in [2.45, 2.75) is 19.5 Å². The Hall–Kier alpha value is -2.76. The molecule has 25 heavy (non-hydrogen) atoms. The van der Waals surface area contributed by atoms with Gasteiger partial charge in [-0.25, -0.2) is 0 Å². The van der Waals surface area contributed by atoms with Gasteiger partial charge in [-0.2, -0.15) is 13.2 Å². The van der Waals surface area contributed by atoms with Crippen LogP contribution >= 0.6 is 0 Å². The van der Waals surface area contributed by atoms with Gasteiger partial charge in [-0.15, -0.1) is 0 Å². The minimum atomic E-state index is -4.36. The summed E-state index contributed by atoms with van der Waals surface area (Å²) in [6.07, 6.45) is -2.22. The third kappa shape index (κ3) is 4.21. The number of fused-ring (bicyclic) bond motifs is 1. The quantitative estimate of drug-likeness (QED) is 0.839. The molecule has 1 amide bonds. The molecule has 1 aliphatic rings. The van der Waals surface area contributed by atoms with Crippen molar-refractivity contribution < 1.29 is 18.0 Å². The maximum Gasteiger partial charge on any atom is 0.409 e. The van der Waals surface area contributed by atoms with Crippen LogP contribution in [0.25, 0.3) is 6.08 Å². The Morgan fingerprint density at radius 3 is 2.72 bits per heavy atom. The van der Waals surface area contributed by atoms with Crippen molar-refractivity contribution >= 4 is 23.4 Å². The van der Waals surface area contributed by atoms with Crippen LogP contribution in [0.15, 0.2) is 42.5 Å². The number of alkyl halides is 3. The molecule has 0 aromatic heterocycles. The number of amides is 1. The maximum absolute atomic E-state index is 12.4. The molecule has 2 aromatic carbocycles. The molecule has 0 atom stereocenters. The van der Waals surface area contributed by atoms with E-state index in [4.69, 9.17) is 0 Å². The van der Waals surface area contributed by atoms with Crippen LogP contribution in [0.4, 0.5) is 24.5 Å². The number of carbonyl (C=O) groups excluding carboxylic acids is 1. The highest BCUT2D eigenvalue weighted by Crippen LogP contribution is 2.26. The molecule has 0 spiro atoms. The number of rotatable bonds is 3. The average molecular weight is 346 g/mol. The van der Waals surface area contributed by atoms with Crippen molar-refractivity contribution in [3.05, 3.63) is 64.7 Å². The molecule has 0 radical (unpaired) electrons. The van der Waals surface area contributed by atoms with Crippen molar-refractivity contribution in [1.82, 2.24) is 0 Å². The van der Waals surface area contributed by atoms with Gasteiger partial charge < -0.3 is 10.6 Å². The smallest absolute Gasteiger partial charge is 0.384 e. The second kappa shape index (κ2) is 6.63. The van der Waals surface area contributed by atoms with E-state index in [1.807, 2.05) is 18.2 Å². The summed E-state index contributed by atoms with van der Waals surface area (Å²) < 4.78 is 36.7. The van der Waals surface area contributed by atoms with E-state index in [-0.39, 0.29) is 12.0 Å². The first kappa shape index (κ1) is 17.1. The second-order valence-corrected chi connectivity index (χ2v) is 5.95. The largest absolute Gasteiger partial charge is 0.409 e. The summed E-state index contributed by atoms with van der Waals surface area (Å²) in [7, 11) is 0. The highest BCUT2D eigenvalue weighted by molar-refractivity contribution is 6.05.